The molecule has 0 saturated carbocycles. The van der Waals surface area contributed by atoms with Crippen LogP contribution in [0, 0.1) is 6.92 Å². The molecule has 20 heavy (non-hydrogen) atoms. The van der Waals surface area contributed by atoms with Crippen LogP contribution in [0.3, 0.4) is 0 Å². The fourth-order valence-electron chi connectivity index (χ4n) is 2.09. The smallest absolute Gasteiger partial charge is 0.212 e. The van der Waals surface area contributed by atoms with Gasteiger partial charge in [0.25, 0.3) is 0 Å². The third kappa shape index (κ3) is 3.03. The summed E-state index contributed by atoms with van der Waals surface area (Å²) >= 11 is 0. The maximum absolute atomic E-state index is 5.53. The summed E-state index contributed by atoms with van der Waals surface area (Å²) in [5.74, 6) is 7.53. The fraction of sp³-hybridized carbons (Fsp3) is 0.357. The van der Waals surface area contributed by atoms with E-state index < -0.39 is 0 Å². The molecule has 0 fully saturated rings. The molecule has 2 heterocycles. The van der Waals surface area contributed by atoms with Crippen LogP contribution in [-0.4, -0.2) is 22.1 Å². The Labute approximate surface area is 118 Å². The number of nitrogen functional groups attached to an aromatic ring is 1. The topological polar surface area (TPSA) is 86.0 Å². The summed E-state index contributed by atoms with van der Waals surface area (Å²) in [5.41, 5.74) is 5.67. The van der Waals surface area contributed by atoms with Crippen LogP contribution in [0.4, 0.5) is 5.82 Å². The molecule has 2 aromatic heterocycles. The second kappa shape index (κ2) is 6.29. The molecule has 3 N–H and O–H groups in total. The van der Waals surface area contributed by atoms with Gasteiger partial charge in [0.05, 0.1) is 7.11 Å². The van der Waals surface area contributed by atoms with Crippen molar-refractivity contribution in [2.24, 2.45) is 5.84 Å². The number of hydrogen-bond donors (Lipinski definition) is 2. The van der Waals surface area contributed by atoms with Gasteiger partial charge < -0.3 is 10.2 Å². The van der Waals surface area contributed by atoms with Crippen LogP contribution in [0.5, 0.6) is 5.88 Å². The van der Waals surface area contributed by atoms with Crippen LogP contribution in [-0.2, 0) is 12.8 Å². The van der Waals surface area contributed by atoms with Gasteiger partial charge in [-0.3, -0.25) is 0 Å². The van der Waals surface area contributed by atoms with E-state index in [1.54, 1.807) is 13.3 Å². The summed E-state index contributed by atoms with van der Waals surface area (Å²) in [7, 11) is 1.59. The van der Waals surface area contributed by atoms with Crippen LogP contribution in [0.15, 0.2) is 18.3 Å². The second-order valence-corrected chi connectivity index (χ2v) is 4.44. The summed E-state index contributed by atoms with van der Waals surface area (Å²) in [4.78, 5) is 13.2. The van der Waals surface area contributed by atoms with Gasteiger partial charge in [-0.25, -0.2) is 20.8 Å². The molecule has 0 radical (unpaired) electrons. The van der Waals surface area contributed by atoms with E-state index in [-0.39, 0.29) is 0 Å². The predicted octanol–water partition coefficient (Wildman–Crippen LogP) is 1.63. The summed E-state index contributed by atoms with van der Waals surface area (Å²) in [6.45, 7) is 4.02. The SMILES string of the molecule is CCc1c(C)nc(Cc2ccc(OC)nc2)nc1NN. The van der Waals surface area contributed by atoms with Crippen LogP contribution >= 0.6 is 0 Å². The second-order valence-electron chi connectivity index (χ2n) is 4.44. The Morgan fingerprint density at radius 3 is 2.65 bits per heavy atom. The van der Waals surface area contributed by atoms with E-state index in [1.807, 2.05) is 19.1 Å². The molecule has 0 aliphatic carbocycles. The van der Waals surface area contributed by atoms with Crippen molar-refractivity contribution < 1.29 is 4.74 Å². The van der Waals surface area contributed by atoms with Gasteiger partial charge in [0, 0.05) is 29.9 Å². The lowest BCUT2D eigenvalue weighted by Crippen LogP contribution is -2.14. The van der Waals surface area contributed by atoms with Crippen molar-refractivity contribution in [3.8, 4) is 5.88 Å². The Balaban J connectivity index is 2.26. The molecule has 0 aliphatic rings. The molecular weight excluding hydrogens is 254 g/mol. The van der Waals surface area contributed by atoms with E-state index in [9.17, 15) is 0 Å². The average Bonchev–Trinajstić information content (AvgIpc) is 2.47. The van der Waals surface area contributed by atoms with Crippen LogP contribution < -0.4 is 16.0 Å². The van der Waals surface area contributed by atoms with E-state index in [1.165, 1.54) is 0 Å². The molecule has 0 bridgehead atoms. The van der Waals surface area contributed by atoms with E-state index in [0.717, 1.165) is 29.1 Å². The molecule has 0 aliphatic heterocycles. The van der Waals surface area contributed by atoms with Gasteiger partial charge >= 0.3 is 0 Å². The molecule has 0 unspecified atom stereocenters. The molecule has 6 nitrogen and oxygen atoms in total. The molecule has 6 heteroatoms. The lowest BCUT2D eigenvalue weighted by atomic mass is 10.1. The van der Waals surface area contributed by atoms with Gasteiger partial charge in [-0.1, -0.05) is 13.0 Å². The summed E-state index contributed by atoms with van der Waals surface area (Å²) in [5, 5.41) is 0. The Morgan fingerprint density at radius 2 is 2.10 bits per heavy atom. The number of nitrogens with two attached hydrogens (primary N) is 1. The Hall–Kier alpha value is -2.21. The van der Waals surface area contributed by atoms with E-state index in [2.05, 4.69) is 27.3 Å². The molecular formula is C14H19N5O. The molecule has 0 atom stereocenters. The number of ether oxygens (including phenoxy) is 1. The van der Waals surface area contributed by atoms with Crippen molar-refractivity contribution in [3.05, 3.63) is 41.0 Å². The number of anilines is 1. The third-order valence-electron chi connectivity index (χ3n) is 3.12. The standard InChI is InChI=1S/C14H19N5O/c1-4-11-9(2)17-12(18-14(11)19-15)7-10-5-6-13(20-3)16-8-10/h5-6,8H,4,7,15H2,1-3H3,(H,17,18,19). The molecule has 0 saturated heterocycles. The van der Waals surface area contributed by atoms with Gasteiger partial charge in [0.2, 0.25) is 5.88 Å². The molecule has 106 valence electrons. The zero-order valence-corrected chi connectivity index (χ0v) is 12.0. The zero-order chi connectivity index (χ0) is 14.5. The highest BCUT2D eigenvalue weighted by atomic mass is 16.5. The maximum Gasteiger partial charge on any atom is 0.212 e. The number of methoxy groups -OCH3 is 1. The largest absolute Gasteiger partial charge is 0.481 e. The highest BCUT2D eigenvalue weighted by Crippen LogP contribution is 2.17. The lowest BCUT2D eigenvalue weighted by molar-refractivity contribution is 0.397. The third-order valence-corrected chi connectivity index (χ3v) is 3.12. The number of hydrazine groups is 1. The summed E-state index contributed by atoms with van der Waals surface area (Å²) in [6, 6.07) is 3.78. The van der Waals surface area contributed by atoms with Gasteiger partial charge in [-0.2, -0.15) is 0 Å². The average molecular weight is 273 g/mol. The molecule has 0 aromatic carbocycles. The van der Waals surface area contributed by atoms with E-state index in [0.29, 0.717) is 18.1 Å². The van der Waals surface area contributed by atoms with Crippen molar-refractivity contribution in [2.75, 3.05) is 12.5 Å². The van der Waals surface area contributed by atoms with Crippen molar-refractivity contribution >= 4 is 5.82 Å². The van der Waals surface area contributed by atoms with Crippen molar-refractivity contribution in [1.29, 1.82) is 0 Å². The first-order valence-corrected chi connectivity index (χ1v) is 6.49. The number of aryl methyl sites for hydroxylation is 1. The van der Waals surface area contributed by atoms with Crippen LogP contribution in [0.1, 0.15) is 29.6 Å². The Bertz CT molecular complexity index is 583. The number of pyridine rings is 1. The van der Waals surface area contributed by atoms with Gasteiger partial charge in [-0.15, -0.1) is 0 Å². The fourth-order valence-corrected chi connectivity index (χ4v) is 2.09. The van der Waals surface area contributed by atoms with Crippen molar-refractivity contribution in [2.45, 2.75) is 26.7 Å². The molecule has 2 aromatic rings. The zero-order valence-electron chi connectivity index (χ0n) is 12.0. The first-order valence-electron chi connectivity index (χ1n) is 6.49. The number of hydrogen-bond acceptors (Lipinski definition) is 6. The monoisotopic (exact) mass is 273 g/mol. The first kappa shape index (κ1) is 14.2. The highest BCUT2D eigenvalue weighted by Gasteiger charge is 2.10. The summed E-state index contributed by atoms with van der Waals surface area (Å²) in [6.07, 6.45) is 3.22. The Morgan fingerprint density at radius 1 is 1.30 bits per heavy atom. The van der Waals surface area contributed by atoms with Gasteiger partial charge in [0.1, 0.15) is 11.6 Å². The number of nitrogens with zero attached hydrogens (tertiary/aromatic N) is 3. The number of rotatable bonds is 5. The minimum Gasteiger partial charge on any atom is -0.481 e. The van der Waals surface area contributed by atoms with E-state index in [4.69, 9.17) is 10.6 Å². The van der Waals surface area contributed by atoms with Crippen LogP contribution in [0.25, 0.3) is 0 Å². The Kier molecular flexibility index (Phi) is 4.47. The first-order chi connectivity index (χ1) is 9.67. The predicted molar refractivity (Wildman–Crippen MR) is 77.6 cm³/mol. The number of aromatic nitrogens is 3. The molecule has 2 rings (SSSR count). The minimum absolute atomic E-state index is 0.594. The number of nitrogens with one attached hydrogen (secondary N) is 1. The van der Waals surface area contributed by atoms with Gasteiger partial charge in [0.15, 0.2) is 0 Å². The van der Waals surface area contributed by atoms with Crippen LogP contribution in [0.2, 0.25) is 0 Å². The lowest BCUT2D eigenvalue weighted by Gasteiger charge is -2.11. The molecule has 0 amide bonds. The quantitative estimate of drug-likeness (QED) is 0.636. The van der Waals surface area contributed by atoms with Crippen molar-refractivity contribution in [1.82, 2.24) is 15.0 Å². The minimum atomic E-state index is 0.594. The molecule has 0 spiro atoms. The summed E-state index contributed by atoms with van der Waals surface area (Å²) < 4.78 is 5.04. The normalized spacial score (nSPS) is 10.4. The van der Waals surface area contributed by atoms with Gasteiger partial charge in [-0.05, 0) is 18.9 Å². The maximum atomic E-state index is 5.53. The van der Waals surface area contributed by atoms with E-state index >= 15 is 0 Å². The highest BCUT2D eigenvalue weighted by molar-refractivity contribution is 5.45. The van der Waals surface area contributed by atoms with Crippen molar-refractivity contribution in [3.63, 3.8) is 0 Å².